The van der Waals surface area contributed by atoms with E-state index < -0.39 is 10.2 Å². The number of carbonyl (C=O) groups excluding carboxylic acids is 1. The second-order valence-corrected chi connectivity index (χ2v) is 5.59. The van der Waals surface area contributed by atoms with Gasteiger partial charge in [0.15, 0.2) is 0 Å². The summed E-state index contributed by atoms with van der Waals surface area (Å²) in [6.07, 6.45) is 7.26. The molecule has 1 amide bonds. The van der Waals surface area contributed by atoms with Crippen LogP contribution in [0.25, 0.3) is 0 Å². The van der Waals surface area contributed by atoms with Crippen LogP contribution in [0.2, 0.25) is 0 Å². The molecule has 1 aromatic rings. The summed E-state index contributed by atoms with van der Waals surface area (Å²) in [6, 6.07) is 5.47. The van der Waals surface area contributed by atoms with E-state index in [0.717, 1.165) is 5.56 Å². The van der Waals surface area contributed by atoms with E-state index in [1.165, 1.54) is 24.3 Å². The summed E-state index contributed by atoms with van der Waals surface area (Å²) in [6.45, 7) is 0.441. The molecule has 0 bridgehead atoms. The minimum absolute atomic E-state index is 0.0665. The van der Waals surface area contributed by atoms with Gasteiger partial charge in [-0.05, 0) is 30.5 Å². The number of unbranched alkanes of at least 4 members (excludes halogenated alkanes) is 1. The monoisotopic (exact) mass is 297 g/mol. The van der Waals surface area contributed by atoms with Gasteiger partial charge in [-0.1, -0.05) is 12.1 Å². The Morgan fingerprint density at radius 3 is 2.50 bits per heavy atom. The Morgan fingerprint density at radius 1 is 1.30 bits per heavy atom. The fraction of sp³-hybridized carbons (Fsp3) is 0.357. The number of rotatable bonds is 7. The minimum atomic E-state index is -4.65. The number of carbonyl (C=O) groups is 1. The summed E-state index contributed by atoms with van der Waals surface area (Å²) in [5, 5.41) is 2.74. The lowest BCUT2D eigenvalue weighted by molar-refractivity contribution is -0.121. The Hall–Kier alpha value is -1.87. The average Bonchev–Trinajstić information content (AvgIpc) is 2.38. The number of benzene rings is 1. The molecule has 6 heteroatoms. The van der Waals surface area contributed by atoms with Crippen molar-refractivity contribution in [2.24, 2.45) is 0 Å². The highest BCUT2D eigenvalue weighted by Gasteiger charge is 2.10. The van der Waals surface area contributed by atoms with Gasteiger partial charge in [0, 0.05) is 19.4 Å². The molecule has 108 valence electrons. The number of terminal acetylenes is 1. The predicted molar refractivity (Wildman–Crippen MR) is 74.1 cm³/mol. The van der Waals surface area contributed by atoms with Crippen LogP contribution >= 0.6 is 0 Å². The minimum Gasteiger partial charge on any atom is -0.356 e. The van der Waals surface area contributed by atoms with Gasteiger partial charge >= 0.3 is 10.2 Å². The van der Waals surface area contributed by atoms with Crippen molar-refractivity contribution in [3.05, 3.63) is 29.8 Å². The van der Waals surface area contributed by atoms with Crippen molar-refractivity contribution in [1.82, 2.24) is 5.32 Å². The molecule has 0 unspecified atom stereocenters. The molecule has 0 aromatic heterocycles. The molecule has 0 radical (unpaired) electrons. The third kappa shape index (κ3) is 5.85. The Kier molecular flexibility index (Phi) is 6.19. The largest absolute Gasteiger partial charge is 0.356 e. The van der Waals surface area contributed by atoms with Crippen molar-refractivity contribution in [3.8, 4) is 12.3 Å². The van der Waals surface area contributed by atoms with Crippen molar-refractivity contribution >= 4 is 16.1 Å². The van der Waals surface area contributed by atoms with Gasteiger partial charge in [-0.25, -0.2) is 0 Å². The molecule has 0 atom stereocenters. The van der Waals surface area contributed by atoms with Gasteiger partial charge in [0.25, 0.3) is 0 Å². The summed E-state index contributed by atoms with van der Waals surface area (Å²) in [4.78, 5) is 11.0. The fourth-order valence-corrected chi connectivity index (χ4v) is 2.07. The van der Waals surface area contributed by atoms with Crippen LogP contribution in [0.4, 0.5) is 3.89 Å². The van der Waals surface area contributed by atoms with E-state index in [2.05, 4.69) is 11.2 Å². The topological polar surface area (TPSA) is 63.2 Å². The molecule has 0 saturated carbocycles. The van der Waals surface area contributed by atoms with Crippen LogP contribution in [0, 0.1) is 12.3 Å². The molecular formula is C14H16FNO3S. The van der Waals surface area contributed by atoms with E-state index in [4.69, 9.17) is 6.42 Å². The first-order chi connectivity index (χ1) is 9.43. The maximum atomic E-state index is 12.7. The normalized spacial score (nSPS) is 10.8. The summed E-state index contributed by atoms with van der Waals surface area (Å²) in [7, 11) is -4.65. The zero-order chi connectivity index (χ0) is 15.0. The standard InChI is InChI=1S/C14H16FNO3S/c1-2-3-4-5-14(17)16-11-10-12-6-8-13(9-7-12)20(15,18)19/h1,6-9H,3-5,10-11H2,(H,16,17). The average molecular weight is 297 g/mol. The van der Waals surface area contributed by atoms with Crippen LogP contribution < -0.4 is 5.32 Å². The number of halogens is 1. The number of amides is 1. The smallest absolute Gasteiger partial charge is 0.332 e. The quantitative estimate of drug-likeness (QED) is 0.474. The van der Waals surface area contributed by atoms with E-state index in [9.17, 15) is 17.1 Å². The van der Waals surface area contributed by atoms with Gasteiger partial charge in [0.2, 0.25) is 5.91 Å². The Labute approximate surface area is 118 Å². The second-order valence-electron chi connectivity index (χ2n) is 4.24. The van der Waals surface area contributed by atoms with Gasteiger partial charge < -0.3 is 5.32 Å². The molecule has 1 N–H and O–H groups in total. The molecule has 0 saturated heterocycles. The highest BCUT2D eigenvalue weighted by molar-refractivity contribution is 7.86. The van der Waals surface area contributed by atoms with Crippen LogP contribution in [0.5, 0.6) is 0 Å². The van der Waals surface area contributed by atoms with E-state index >= 15 is 0 Å². The maximum absolute atomic E-state index is 12.7. The molecule has 0 heterocycles. The lowest BCUT2D eigenvalue weighted by Gasteiger charge is -2.05. The first-order valence-corrected chi connectivity index (χ1v) is 7.55. The van der Waals surface area contributed by atoms with Crippen molar-refractivity contribution in [3.63, 3.8) is 0 Å². The highest BCUT2D eigenvalue weighted by Crippen LogP contribution is 2.13. The zero-order valence-electron chi connectivity index (χ0n) is 10.9. The van der Waals surface area contributed by atoms with Gasteiger partial charge in [-0.3, -0.25) is 4.79 Å². The number of nitrogens with one attached hydrogen (secondary N) is 1. The number of hydrogen-bond donors (Lipinski definition) is 1. The fourth-order valence-electron chi connectivity index (χ4n) is 1.60. The van der Waals surface area contributed by atoms with E-state index in [1.807, 2.05) is 0 Å². The van der Waals surface area contributed by atoms with Crippen molar-refractivity contribution in [1.29, 1.82) is 0 Å². The lowest BCUT2D eigenvalue weighted by Crippen LogP contribution is -2.25. The molecule has 0 aliphatic carbocycles. The summed E-state index contributed by atoms with van der Waals surface area (Å²) >= 11 is 0. The van der Waals surface area contributed by atoms with Crippen LogP contribution in [0.3, 0.4) is 0 Å². The van der Waals surface area contributed by atoms with E-state index in [-0.39, 0.29) is 10.8 Å². The van der Waals surface area contributed by atoms with E-state index in [1.54, 1.807) is 0 Å². The molecule has 4 nitrogen and oxygen atoms in total. The Bertz CT molecular complexity index is 588. The van der Waals surface area contributed by atoms with Gasteiger partial charge in [0.1, 0.15) is 0 Å². The van der Waals surface area contributed by atoms with Crippen LogP contribution in [-0.2, 0) is 21.4 Å². The molecule has 0 spiro atoms. The van der Waals surface area contributed by atoms with Crippen LogP contribution in [0.15, 0.2) is 29.2 Å². The first-order valence-electron chi connectivity index (χ1n) is 6.17. The lowest BCUT2D eigenvalue weighted by atomic mass is 10.1. The highest BCUT2D eigenvalue weighted by atomic mass is 32.3. The van der Waals surface area contributed by atoms with Crippen LogP contribution in [0.1, 0.15) is 24.8 Å². The maximum Gasteiger partial charge on any atom is 0.332 e. The Balaban J connectivity index is 2.36. The molecule has 0 fully saturated rings. The number of hydrogen-bond acceptors (Lipinski definition) is 3. The third-order valence-corrected chi connectivity index (χ3v) is 3.50. The second kappa shape index (κ2) is 7.65. The summed E-state index contributed by atoms with van der Waals surface area (Å²) in [5.41, 5.74) is 0.821. The summed E-state index contributed by atoms with van der Waals surface area (Å²) < 4.78 is 33.9. The molecule has 0 aliphatic heterocycles. The molecule has 20 heavy (non-hydrogen) atoms. The molecular weight excluding hydrogens is 281 g/mol. The van der Waals surface area contributed by atoms with Gasteiger partial charge in [0.05, 0.1) is 4.90 Å². The molecule has 1 aromatic carbocycles. The Morgan fingerprint density at radius 2 is 1.95 bits per heavy atom. The van der Waals surface area contributed by atoms with Gasteiger partial charge in [-0.2, -0.15) is 8.42 Å². The molecule has 1 rings (SSSR count). The van der Waals surface area contributed by atoms with Crippen LogP contribution in [-0.4, -0.2) is 20.9 Å². The molecule has 0 aliphatic rings. The van der Waals surface area contributed by atoms with Crippen molar-refractivity contribution in [2.45, 2.75) is 30.6 Å². The predicted octanol–water partition coefficient (Wildman–Crippen LogP) is 1.81. The summed E-state index contributed by atoms with van der Waals surface area (Å²) in [5.74, 6) is 2.40. The zero-order valence-corrected chi connectivity index (χ0v) is 11.7. The third-order valence-electron chi connectivity index (χ3n) is 2.67. The van der Waals surface area contributed by atoms with Gasteiger partial charge in [-0.15, -0.1) is 16.2 Å². The first kappa shape index (κ1) is 16.2. The van der Waals surface area contributed by atoms with Crippen molar-refractivity contribution < 1.29 is 17.1 Å². The van der Waals surface area contributed by atoms with Crippen molar-refractivity contribution in [2.75, 3.05) is 6.54 Å². The van der Waals surface area contributed by atoms with E-state index in [0.29, 0.717) is 32.2 Å². The SMILES string of the molecule is C#CCCCC(=O)NCCc1ccc(S(=O)(=O)F)cc1.